The fourth-order valence-electron chi connectivity index (χ4n) is 5.10. The van der Waals surface area contributed by atoms with Crippen molar-refractivity contribution in [3.8, 4) is 0 Å². The van der Waals surface area contributed by atoms with Crippen molar-refractivity contribution in [2.45, 2.75) is 50.5 Å². The maximum absolute atomic E-state index is 12.8. The molecule has 2 fully saturated rings. The predicted octanol–water partition coefficient (Wildman–Crippen LogP) is 4.34. The van der Waals surface area contributed by atoms with Crippen LogP contribution in [-0.4, -0.2) is 46.2 Å². The Bertz CT molecular complexity index is 1120. The number of aliphatic hydroxyl groups is 1. The molecule has 0 unspecified atom stereocenters. The Labute approximate surface area is 192 Å². The van der Waals surface area contributed by atoms with E-state index >= 15 is 0 Å². The molecule has 0 atom stereocenters. The van der Waals surface area contributed by atoms with E-state index in [1.165, 1.54) is 5.56 Å². The molecule has 172 valence electrons. The molecule has 7 nitrogen and oxygen atoms in total. The quantitative estimate of drug-likeness (QED) is 0.620. The molecule has 2 amide bonds. The summed E-state index contributed by atoms with van der Waals surface area (Å²) in [6.45, 7) is 1.36. The van der Waals surface area contributed by atoms with Gasteiger partial charge in [-0.1, -0.05) is 29.4 Å². The fourth-order valence-corrected chi connectivity index (χ4v) is 5.10. The van der Waals surface area contributed by atoms with Crippen molar-refractivity contribution >= 4 is 28.4 Å². The highest BCUT2D eigenvalue weighted by atomic mass is 16.5. The zero-order valence-corrected chi connectivity index (χ0v) is 18.6. The van der Waals surface area contributed by atoms with Gasteiger partial charge in [-0.15, -0.1) is 0 Å². The fraction of sp³-hybridized carbons (Fsp3) is 0.423. The molecule has 2 N–H and O–H groups in total. The van der Waals surface area contributed by atoms with Crippen LogP contribution in [0.25, 0.3) is 10.9 Å². The van der Waals surface area contributed by atoms with Crippen LogP contribution in [0, 0.1) is 5.92 Å². The first-order valence-electron chi connectivity index (χ1n) is 11.8. The van der Waals surface area contributed by atoms with E-state index in [4.69, 9.17) is 4.52 Å². The molecule has 2 aliphatic rings. The lowest BCUT2D eigenvalue weighted by Crippen LogP contribution is -2.43. The van der Waals surface area contributed by atoms with Crippen LogP contribution < -0.4 is 5.32 Å². The molecular weight excluding hydrogens is 418 g/mol. The summed E-state index contributed by atoms with van der Waals surface area (Å²) in [7, 11) is 0. The smallest absolute Gasteiger partial charge is 0.294 e. The lowest BCUT2D eigenvalue weighted by atomic mass is 9.78. The Morgan fingerprint density at radius 1 is 0.939 bits per heavy atom. The van der Waals surface area contributed by atoms with Crippen LogP contribution >= 0.6 is 0 Å². The van der Waals surface area contributed by atoms with Gasteiger partial charge in [0.1, 0.15) is 5.52 Å². The van der Waals surface area contributed by atoms with E-state index < -0.39 is 0 Å². The minimum Gasteiger partial charge on any atom is -0.393 e. The molecular formula is C26H29N3O4. The van der Waals surface area contributed by atoms with Gasteiger partial charge in [0.2, 0.25) is 11.7 Å². The summed E-state index contributed by atoms with van der Waals surface area (Å²) in [5.74, 6) is 0.687. The normalized spacial score (nSPS) is 21.8. The lowest BCUT2D eigenvalue weighted by Gasteiger charge is -2.35. The molecule has 1 aliphatic carbocycles. The molecule has 33 heavy (non-hydrogen) atoms. The van der Waals surface area contributed by atoms with E-state index in [2.05, 4.69) is 22.6 Å². The lowest BCUT2D eigenvalue weighted by molar-refractivity contribution is -0.138. The van der Waals surface area contributed by atoms with Crippen LogP contribution in [0.3, 0.4) is 0 Å². The van der Waals surface area contributed by atoms with E-state index in [1.54, 1.807) is 0 Å². The van der Waals surface area contributed by atoms with Crippen molar-refractivity contribution in [1.29, 1.82) is 0 Å². The van der Waals surface area contributed by atoms with Gasteiger partial charge in [0.15, 0.2) is 0 Å². The van der Waals surface area contributed by atoms with Gasteiger partial charge >= 0.3 is 0 Å². The summed E-state index contributed by atoms with van der Waals surface area (Å²) >= 11 is 0. The number of amides is 2. The number of carbonyl (C=O) groups is 2. The van der Waals surface area contributed by atoms with Crippen LogP contribution in [0.4, 0.5) is 5.69 Å². The highest BCUT2D eigenvalue weighted by Gasteiger charge is 2.31. The summed E-state index contributed by atoms with van der Waals surface area (Å²) in [6.07, 6.45) is 4.91. The number of likely N-dealkylation sites (tertiary alicyclic amines) is 1. The molecule has 7 heteroatoms. The van der Waals surface area contributed by atoms with E-state index in [-0.39, 0.29) is 29.6 Å². The van der Waals surface area contributed by atoms with Crippen molar-refractivity contribution in [3.05, 3.63) is 59.9 Å². The zero-order chi connectivity index (χ0) is 22.8. The number of hydrogen-bond donors (Lipinski definition) is 2. The van der Waals surface area contributed by atoms with E-state index in [0.717, 1.165) is 25.7 Å². The highest BCUT2D eigenvalue weighted by molar-refractivity contribution is 6.10. The van der Waals surface area contributed by atoms with Crippen molar-refractivity contribution in [2.75, 3.05) is 18.4 Å². The highest BCUT2D eigenvalue weighted by Crippen LogP contribution is 2.37. The van der Waals surface area contributed by atoms with Gasteiger partial charge in [-0.25, -0.2) is 0 Å². The minimum atomic E-state index is -0.319. The van der Waals surface area contributed by atoms with Gasteiger partial charge in [-0.3, -0.25) is 9.59 Å². The maximum atomic E-state index is 12.8. The standard InChI is InChI=1S/C26H29N3O4/c30-21-13-15-29(16-14-21)26(32)19-7-5-17(6-8-19)18-9-11-20(12-10-18)27-25(31)24-22-3-1-2-4-23(22)28-33-24/h1-4,9-12,17,19,21,30H,5-8,13-16H2,(H,27,31)/t17-,19-. The Hall–Kier alpha value is -3.19. The number of piperidine rings is 1. The van der Waals surface area contributed by atoms with Crippen molar-refractivity contribution in [3.63, 3.8) is 0 Å². The van der Waals surface area contributed by atoms with E-state index in [9.17, 15) is 14.7 Å². The Morgan fingerprint density at radius 2 is 1.64 bits per heavy atom. The Balaban J connectivity index is 1.16. The number of carbonyl (C=O) groups excluding carboxylic acids is 2. The minimum absolute atomic E-state index is 0.104. The van der Waals surface area contributed by atoms with Gasteiger partial charge in [0.25, 0.3) is 5.91 Å². The van der Waals surface area contributed by atoms with Crippen LogP contribution in [0.2, 0.25) is 0 Å². The topological polar surface area (TPSA) is 95.7 Å². The average Bonchev–Trinajstić information content (AvgIpc) is 3.29. The third-order valence-corrected chi connectivity index (χ3v) is 7.08. The number of hydrogen-bond acceptors (Lipinski definition) is 5. The molecule has 2 heterocycles. The summed E-state index contributed by atoms with van der Waals surface area (Å²) < 4.78 is 5.24. The second-order valence-electron chi connectivity index (χ2n) is 9.21. The van der Waals surface area contributed by atoms with Gasteiger partial charge < -0.3 is 19.8 Å². The molecule has 5 rings (SSSR count). The van der Waals surface area contributed by atoms with E-state index in [1.807, 2.05) is 41.3 Å². The maximum Gasteiger partial charge on any atom is 0.294 e. The number of aromatic nitrogens is 1. The first-order valence-corrected chi connectivity index (χ1v) is 11.8. The molecule has 3 aromatic rings. The summed E-state index contributed by atoms with van der Waals surface area (Å²) in [5, 5.41) is 17.2. The first-order chi connectivity index (χ1) is 16.1. The second-order valence-corrected chi connectivity index (χ2v) is 9.21. The molecule has 0 radical (unpaired) electrons. The number of anilines is 1. The third-order valence-electron chi connectivity index (χ3n) is 7.08. The molecule has 1 aromatic heterocycles. The number of nitrogens with one attached hydrogen (secondary N) is 1. The van der Waals surface area contributed by atoms with Gasteiger partial charge in [-0.05, 0) is 74.3 Å². The van der Waals surface area contributed by atoms with Gasteiger partial charge in [0, 0.05) is 24.7 Å². The van der Waals surface area contributed by atoms with Crippen LogP contribution in [-0.2, 0) is 4.79 Å². The predicted molar refractivity (Wildman–Crippen MR) is 125 cm³/mol. The Kier molecular flexibility index (Phi) is 6.13. The zero-order valence-electron chi connectivity index (χ0n) is 18.6. The number of fused-ring (bicyclic) bond motifs is 1. The molecule has 0 bridgehead atoms. The van der Waals surface area contributed by atoms with Crippen molar-refractivity contribution in [2.24, 2.45) is 5.92 Å². The largest absolute Gasteiger partial charge is 0.393 e. The van der Waals surface area contributed by atoms with Crippen molar-refractivity contribution in [1.82, 2.24) is 10.1 Å². The van der Waals surface area contributed by atoms with Crippen LogP contribution in [0.5, 0.6) is 0 Å². The molecule has 0 spiro atoms. The second kappa shape index (κ2) is 9.35. The summed E-state index contributed by atoms with van der Waals surface area (Å²) in [5.41, 5.74) is 2.61. The average molecular weight is 448 g/mol. The number of rotatable bonds is 4. The Morgan fingerprint density at radius 3 is 2.36 bits per heavy atom. The SMILES string of the molecule is O=C(Nc1ccc([C@H]2CC[C@H](C(=O)N3CCC(O)CC3)CC2)cc1)c1onc2ccccc12. The van der Waals surface area contributed by atoms with Gasteiger partial charge in [-0.2, -0.15) is 0 Å². The molecule has 2 aromatic carbocycles. The summed E-state index contributed by atoms with van der Waals surface area (Å²) in [6, 6.07) is 15.3. The van der Waals surface area contributed by atoms with Crippen LogP contribution in [0.15, 0.2) is 53.1 Å². The first kappa shape index (κ1) is 21.6. The van der Waals surface area contributed by atoms with Crippen molar-refractivity contribution < 1.29 is 19.2 Å². The monoisotopic (exact) mass is 447 g/mol. The van der Waals surface area contributed by atoms with Gasteiger partial charge in [0.05, 0.1) is 11.5 Å². The number of benzene rings is 2. The molecule has 1 aliphatic heterocycles. The molecule has 1 saturated heterocycles. The van der Waals surface area contributed by atoms with Crippen LogP contribution in [0.1, 0.15) is 60.6 Å². The van der Waals surface area contributed by atoms with E-state index in [0.29, 0.717) is 48.4 Å². The summed E-state index contributed by atoms with van der Waals surface area (Å²) in [4.78, 5) is 27.4. The number of aliphatic hydroxyl groups excluding tert-OH is 1. The third kappa shape index (κ3) is 4.64. The molecule has 1 saturated carbocycles. The number of nitrogens with zero attached hydrogens (tertiary/aromatic N) is 2.